The minimum absolute atomic E-state index is 0.126. The quantitative estimate of drug-likeness (QED) is 0.269. The number of aryl methyl sites for hydroxylation is 1. The Morgan fingerprint density at radius 1 is 1.07 bits per heavy atom. The van der Waals surface area contributed by atoms with Crippen molar-refractivity contribution in [3.05, 3.63) is 99.2 Å². The molecule has 0 saturated carbocycles. The summed E-state index contributed by atoms with van der Waals surface area (Å²) < 4.78 is 21.3. The van der Waals surface area contributed by atoms with Crippen molar-refractivity contribution in [3.63, 3.8) is 0 Å². The molecule has 1 amide bonds. The first-order valence-electron chi connectivity index (χ1n) is 14.2. The number of hydrogen-bond donors (Lipinski definition) is 1. The molecule has 0 aliphatic carbocycles. The van der Waals surface area contributed by atoms with E-state index in [-0.39, 0.29) is 30.2 Å². The van der Waals surface area contributed by atoms with Crippen molar-refractivity contribution in [2.75, 3.05) is 38.3 Å². The Bertz CT molecular complexity index is 1750. The third kappa shape index (κ3) is 6.49. The van der Waals surface area contributed by atoms with Crippen LogP contribution in [0.2, 0.25) is 0 Å². The molecule has 0 radical (unpaired) electrons. The van der Waals surface area contributed by atoms with E-state index in [9.17, 15) is 18.8 Å². The molecule has 0 bridgehead atoms. The van der Waals surface area contributed by atoms with E-state index in [1.807, 2.05) is 25.3 Å². The van der Waals surface area contributed by atoms with Gasteiger partial charge in [0.05, 0.1) is 13.2 Å². The average Bonchev–Trinajstić information content (AvgIpc) is 3.48. The average molecular weight is 588 g/mol. The first-order valence-corrected chi connectivity index (χ1v) is 14.2. The molecule has 1 aliphatic heterocycles. The number of halogens is 1. The zero-order chi connectivity index (χ0) is 30.3. The van der Waals surface area contributed by atoms with E-state index < -0.39 is 17.1 Å². The Hall–Kier alpha value is -4.84. The number of carbonyl (C=O) groups excluding carboxylic acids is 1. The summed E-state index contributed by atoms with van der Waals surface area (Å²) in [5.74, 6) is 0.0868. The minimum Gasteiger partial charge on any atom is -0.383 e. The van der Waals surface area contributed by atoms with Crippen molar-refractivity contribution in [2.24, 2.45) is 0 Å². The highest BCUT2D eigenvalue weighted by molar-refractivity contribution is 6.05. The molecule has 43 heavy (non-hydrogen) atoms. The van der Waals surface area contributed by atoms with Crippen LogP contribution in [0.4, 0.5) is 10.2 Å². The number of H-pyrrole nitrogens is 1. The molecule has 1 aromatic carbocycles. The topological polar surface area (TPSA) is 118 Å². The predicted octanol–water partition coefficient (Wildman–Crippen LogP) is 3.57. The number of anilines is 1. The van der Waals surface area contributed by atoms with E-state index in [1.54, 1.807) is 23.2 Å². The van der Waals surface area contributed by atoms with Gasteiger partial charge in [-0.1, -0.05) is 19.1 Å². The molecule has 0 fully saturated rings. The molecule has 0 spiro atoms. The molecule has 12 heteroatoms. The fourth-order valence-electron chi connectivity index (χ4n) is 4.97. The summed E-state index contributed by atoms with van der Waals surface area (Å²) in [5, 5.41) is 0. The van der Waals surface area contributed by atoms with Gasteiger partial charge < -0.3 is 14.6 Å². The van der Waals surface area contributed by atoms with E-state index in [4.69, 9.17) is 4.74 Å². The number of benzene rings is 1. The molecule has 1 N–H and O–H groups in total. The van der Waals surface area contributed by atoms with Crippen LogP contribution in [0.5, 0.6) is 0 Å². The van der Waals surface area contributed by atoms with Crippen LogP contribution in [-0.4, -0.2) is 68.2 Å². The summed E-state index contributed by atoms with van der Waals surface area (Å²) in [4.78, 5) is 55.8. The van der Waals surface area contributed by atoms with Crippen molar-refractivity contribution in [1.82, 2.24) is 29.0 Å². The van der Waals surface area contributed by atoms with Crippen molar-refractivity contribution in [1.29, 1.82) is 0 Å². The molecule has 0 atom stereocenters. The Labute approximate surface area is 247 Å². The van der Waals surface area contributed by atoms with Crippen LogP contribution in [0, 0.1) is 5.82 Å². The lowest BCUT2D eigenvalue weighted by atomic mass is 10.1. The number of imidazole rings is 1. The minimum atomic E-state index is -0.470. The number of hydrogen-bond acceptors (Lipinski definition) is 7. The predicted molar refractivity (Wildman–Crippen MR) is 163 cm³/mol. The second-order valence-electron chi connectivity index (χ2n) is 10.2. The molecule has 4 aromatic rings. The second kappa shape index (κ2) is 13.4. The first kappa shape index (κ1) is 29.6. The van der Waals surface area contributed by atoms with Crippen LogP contribution < -0.4 is 16.1 Å². The number of nitrogens with zero attached hydrogens (tertiary/aromatic N) is 6. The highest BCUT2D eigenvalue weighted by Gasteiger charge is 2.21. The van der Waals surface area contributed by atoms with Crippen LogP contribution in [0.1, 0.15) is 30.1 Å². The second-order valence-corrected chi connectivity index (χ2v) is 10.2. The van der Waals surface area contributed by atoms with E-state index in [1.165, 1.54) is 35.9 Å². The first-order chi connectivity index (χ1) is 20.9. The summed E-state index contributed by atoms with van der Waals surface area (Å²) in [5.41, 5.74) is 0.524. The number of allylic oxidation sites excluding steroid dienone is 2. The van der Waals surface area contributed by atoms with Gasteiger partial charge >= 0.3 is 5.69 Å². The summed E-state index contributed by atoms with van der Waals surface area (Å²) >= 11 is 0. The molecule has 5 rings (SSSR count). The molecule has 224 valence electrons. The number of amides is 1. The molecule has 1 aliphatic rings. The molecule has 3 aromatic heterocycles. The number of aromatic amines is 1. The lowest BCUT2D eigenvalue weighted by Crippen LogP contribution is -2.41. The standard InChI is InChI=1S/C31H34FN7O4/c1-3-14-38-28-26(30(41)39(31(38)42)19-20-43-2)34-27(35-28)23-10-13-25(33-21-23)37(18-7-17-36-15-5-4-6-16-36)29(40)22-8-11-24(32)12-9-22/h4-6,8-13,15,21H,3,7,14,16-20H2,1-2H3,(H,34,35). The van der Waals surface area contributed by atoms with Crippen molar-refractivity contribution < 1.29 is 13.9 Å². The molecule has 11 nitrogen and oxygen atoms in total. The van der Waals surface area contributed by atoms with Crippen LogP contribution in [0.25, 0.3) is 22.6 Å². The Morgan fingerprint density at radius 3 is 2.56 bits per heavy atom. The van der Waals surface area contributed by atoms with E-state index in [0.717, 1.165) is 17.7 Å². The Balaban J connectivity index is 1.45. The summed E-state index contributed by atoms with van der Waals surface area (Å²) in [6.45, 7) is 4.63. The number of methoxy groups -OCH3 is 1. The van der Waals surface area contributed by atoms with Gasteiger partial charge in [-0.2, -0.15) is 0 Å². The van der Waals surface area contributed by atoms with Gasteiger partial charge in [0.1, 0.15) is 23.0 Å². The number of ether oxygens (including phenoxy) is 1. The highest BCUT2D eigenvalue weighted by Crippen LogP contribution is 2.22. The molecular formula is C31H34FN7O4. The monoisotopic (exact) mass is 587 g/mol. The number of aromatic nitrogens is 5. The van der Waals surface area contributed by atoms with Crippen LogP contribution >= 0.6 is 0 Å². The van der Waals surface area contributed by atoms with Crippen molar-refractivity contribution in [2.45, 2.75) is 32.9 Å². The van der Waals surface area contributed by atoms with Crippen LogP contribution in [0.3, 0.4) is 0 Å². The molecule has 4 heterocycles. The molecule has 0 saturated heterocycles. The Kier molecular flexibility index (Phi) is 9.26. The third-order valence-electron chi connectivity index (χ3n) is 7.17. The maximum atomic E-state index is 13.5. The highest BCUT2D eigenvalue weighted by atomic mass is 19.1. The van der Waals surface area contributed by atoms with Gasteiger partial charge in [-0.3, -0.25) is 23.6 Å². The Morgan fingerprint density at radius 2 is 1.88 bits per heavy atom. The lowest BCUT2D eigenvalue weighted by Gasteiger charge is -2.25. The summed E-state index contributed by atoms with van der Waals surface area (Å²) in [7, 11) is 1.51. The smallest absolute Gasteiger partial charge is 0.332 e. The maximum Gasteiger partial charge on any atom is 0.332 e. The zero-order valence-corrected chi connectivity index (χ0v) is 24.2. The summed E-state index contributed by atoms with van der Waals surface area (Å²) in [6, 6.07) is 8.91. The van der Waals surface area contributed by atoms with Gasteiger partial charge in [-0.05, 0) is 61.5 Å². The number of pyridine rings is 1. The largest absolute Gasteiger partial charge is 0.383 e. The van der Waals surface area contributed by atoms with Gasteiger partial charge in [0, 0.05) is 50.6 Å². The fourth-order valence-corrected chi connectivity index (χ4v) is 4.97. The van der Waals surface area contributed by atoms with E-state index in [0.29, 0.717) is 48.7 Å². The number of nitrogens with one attached hydrogen (secondary N) is 1. The van der Waals surface area contributed by atoms with E-state index >= 15 is 0 Å². The van der Waals surface area contributed by atoms with Crippen LogP contribution in [0.15, 0.2) is 76.6 Å². The number of rotatable bonds is 12. The lowest BCUT2D eigenvalue weighted by molar-refractivity contribution is 0.0985. The number of carbonyl (C=O) groups is 1. The molecular weight excluding hydrogens is 553 g/mol. The normalized spacial score (nSPS) is 12.8. The van der Waals surface area contributed by atoms with Crippen LogP contribution in [-0.2, 0) is 17.8 Å². The third-order valence-corrected chi connectivity index (χ3v) is 7.17. The fraction of sp³-hybridized carbons (Fsp3) is 0.323. The summed E-state index contributed by atoms with van der Waals surface area (Å²) in [6.07, 6.45) is 11.0. The SMILES string of the molecule is CCCn1c(=O)n(CCOC)c(=O)c2[nH]c(-c3ccc(N(CCCN4C=CC=CC4)C(=O)c4ccc(F)cc4)nc3)nc21. The van der Waals surface area contributed by atoms with Crippen molar-refractivity contribution >= 4 is 22.9 Å². The zero-order valence-electron chi connectivity index (χ0n) is 24.2. The molecule has 0 unspecified atom stereocenters. The van der Waals surface area contributed by atoms with Crippen molar-refractivity contribution in [3.8, 4) is 11.4 Å². The van der Waals surface area contributed by atoms with Gasteiger partial charge in [-0.15, -0.1) is 0 Å². The van der Waals surface area contributed by atoms with Gasteiger partial charge in [-0.25, -0.2) is 19.2 Å². The van der Waals surface area contributed by atoms with E-state index in [2.05, 4.69) is 25.9 Å². The number of fused-ring (bicyclic) bond motifs is 1. The maximum absolute atomic E-state index is 13.5. The van der Waals surface area contributed by atoms with Gasteiger partial charge in [0.25, 0.3) is 11.5 Å². The van der Waals surface area contributed by atoms with Gasteiger partial charge in [0.2, 0.25) is 0 Å². The van der Waals surface area contributed by atoms with Gasteiger partial charge in [0.15, 0.2) is 5.65 Å².